The van der Waals surface area contributed by atoms with E-state index in [2.05, 4.69) is 29.6 Å². The van der Waals surface area contributed by atoms with Crippen LogP contribution in [0.25, 0.3) is 0 Å². The van der Waals surface area contributed by atoms with Gasteiger partial charge in [-0.25, -0.2) is 0 Å². The highest BCUT2D eigenvalue weighted by Crippen LogP contribution is 2.56. The minimum absolute atomic E-state index is 0.274. The van der Waals surface area contributed by atoms with Gasteiger partial charge < -0.3 is 5.32 Å². The van der Waals surface area contributed by atoms with Crippen molar-refractivity contribution >= 4 is 5.91 Å². The van der Waals surface area contributed by atoms with Gasteiger partial charge in [-0.2, -0.15) is 0 Å². The highest BCUT2D eigenvalue weighted by Gasteiger charge is 2.54. The molecule has 1 saturated heterocycles. The summed E-state index contributed by atoms with van der Waals surface area (Å²) in [7, 11) is 0. The van der Waals surface area contributed by atoms with Crippen LogP contribution < -0.4 is 5.32 Å². The Bertz CT molecular complexity index is 475. The molecule has 1 N–H and O–H groups in total. The van der Waals surface area contributed by atoms with Gasteiger partial charge in [0.1, 0.15) is 0 Å². The standard InChI is InChI=1S/C16H19NO/c18-15-9-16(10-17-15)13-5-6-14(16)8-12-4-2-1-3-11(12)7-13/h1-4,13-14H,5-10H2,(H,17,18). The fourth-order valence-electron chi connectivity index (χ4n) is 4.67. The summed E-state index contributed by atoms with van der Waals surface area (Å²) >= 11 is 0. The van der Waals surface area contributed by atoms with E-state index < -0.39 is 0 Å². The van der Waals surface area contributed by atoms with E-state index >= 15 is 0 Å². The molecule has 2 aliphatic carbocycles. The van der Waals surface area contributed by atoms with Crippen molar-refractivity contribution in [3.63, 3.8) is 0 Å². The maximum absolute atomic E-state index is 11.7. The van der Waals surface area contributed by atoms with Crippen LogP contribution in [0.2, 0.25) is 0 Å². The van der Waals surface area contributed by atoms with Gasteiger partial charge in [0.2, 0.25) is 5.91 Å². The van der Waals surface area contributed by atoms with Gasteiger partial charge in [0.05, 0.1) is 0 Å². The van der Waals surface area contributed by atoms with E-state index in [1.165, 1.54) is 36.8 Å². The number of hydrogen-bond donors (Lipinski definition) is 1. The van der Waals surface area contributed by atoms with E-state index in [-0.39, 0.29) is 11.3 Å². The quantitative estimate of drug-likeness (QED) is 0.742. The molecule has 2 fully saturated rings. The number of rotatable bonds is 0. The fraction of sp³-hybridized carbons (Fsp3) is 0.562. The van der Waals surface area contributed by atoms with Crippen LogP contribution in [0.15, 0.2) is 24.3 Å². The molecule has 2 heteroatoms. The smallest absolute Gasteiger partial charge is 0.220 e. The average Bonchev–Trinajstić information content (AvgIpc) is 2.83. The molecule has 1 heterocycles. The first-order valence-corrected chi connectivity index (χ1v) is 7.11. The Morgan fingerprint density at radius 1 is 1.06 bits per heavy atom. The summed E-state index contributed by atoms with van der Waals surface area (Å²) in [6.07, 6.45) is 5.77. The zero-order chi connectivity index (χ0) is 12.2. The van der Waals surface area contributed by atoms with Crippen LogP contribution in [0.5, 0.6) is 0 Å². The number of carbonyl (C=O) groups excluding carboxylic acids is 1. The molecule has 2 unspecified atom stereocenters. The van der Waals surface area contributed by atoms with Crippen molar-refractivity contribution in [2.24, 2.45) is 17.3 Å². The Kier molecular flexibility index (Phi) is 2.12. The number of fused-ring (bicyclic) bond motifs is 1. The third-order valence-electron chi connectivity index (χ3n) is 5.65. The average molecular weight is 241 g/mol. The molecule has 0 aromatic heterocycles. The summed E-state index contributed by atoms with van der Waals surface area (Å²) in [4.78, 5) is 11.7. The summed E-state index contributed by atoms with van der Waals surface area (Å²) in [5.41, 5.74) is 3.34. The van der Waals surface area contributed by atoms with Crippen molar-refractivity contribution in [2.75, 3.05) is 6.54 Å². The molecule has 4 rings (SSSR count). The highest BCUT2D eigenvalue weighted by atomic mass is 16.1. The number of benzene rings is 1. The summed E-state index contributed by atoms with van der Waals surface area (Å²) in [5.74, 6) is 1.70. The van der Waals surface area contributed by atoms with Crippen LogP contribution >= 0.6 is 0 Å². The molecule has 1 spiro atoms. The molecule has 1 aromatic rings. The minimum Gasteiger partial charge on any atom is -0.355 e. The minimum atomic E-state index is 0.274. The summed E-state index contributed by atoms with van der Waals surface area (Å²) < 4.78 is 0. The van der Waals surface area contributed by atoms with Gasteiger partial charge in [0.15, 0.2) is 0 Å². The van der Waals surface area contributed by atoms with Crippen molar-refractivity contribution in [1.82, 2.24) is 5.32 Å². The molecule has 1 aromatic carbocycles. The predicted molar refractivity (Wildman–Crippen MR) is 70.1 cm³/mol. The van der Waals surface area contributed by atoms with Crippen LogP contribution in [-0.4, -0.2) is 12.5 Å². The van der Waals surface area contributed by atoms with Gasteiger partial charge in [0.25, 0.3) is 0 Å². The Morgan fingerprint density at radius 2 is 1.67 bits per heavy atom. The van der Waals surface area contributed by atoms with Gasteiger partial charge in [-0.3, -0.25) is 4.79 Å². The molecule has 0 radical (unpaired) electrons. The van der Waals surface area contributed by atoms with Crippen LogP contribution in [-0.2, 0) is 17.6 Å². The zero-order valence-electron chi connectivity index (χ0n) is 10.6. The lowest BCUT2D eigenvalue weighted by Gasteiger charge is -2.33. The number of amides is 1. The van der Waals surface area contributed by atoms with Gasteiger partial charge in [-0.15, -0.1) is 0 Å². The van der Waals surface area contributed by atoms with E-state index in [0.717, 1.165) is 13.0 Å². The summed E-state index contributed by atoms with van der Waals surface area (Å²) in [6.45, 7) is 0.926. The molecule has 18 heavy (non-hydrogen) atoms. The summed E-state index contributed by atoms with van der Waals surface area (Å²) in [6, 6.07) is 8.88. The lowest BCUT2D eigenvalue weighted by Crippen LogP contribution is -2.34. The molecule has 1 aliphatic heterocycles. The zero-order valence-corrected chi connectivity index (χ0v) is 10.6. The van der Waals surface area contributed by atoms with Gasteiger partial charge in [0, 0.05) is 18.4 Å². The van der Waals surface area contributed by atoms with Gasteiger partial charge >= 0.3 is 0 Å². The second-order valence-corrected chi connectivity index (χ2v) is 6.33. The Balaban J connectivity index is 1.77. The van der Waals surface area contributed by atoms with E-state index in [1.54, 1.807) is 0 Å². The molecule has 94 valence electrons. The SMILES string of the molecule is O=C1CC2(CN1)C1CCC2Cc2ccccc2C1. The third kappa shape index (κ3) is 1.32. The Hall–Kier alpha value is -1.31. The van der Waals surface area contributed by atoms with Crippen molar-refractivity contribution < 1.29 is 4.79 Å². The normalized spacial score (nSPS) is 37.4. The molecule has 1 amide bonds. The molecule has 2 nitrogen and oxygen atoms in total. The topological polar surface area (TPSA) is 29.1 Å². The fourth-order valence-corrected chi connectivity index (χ4v) is 4.67. The first kappa shape index (κ1) is 10.6. The van der Waals surface area contributed by atoms with E-state index in [9.17, 15) is 4.79 Å². The van der Waals surface area contributed by atoms with Gasteiger partial charge in [-0.05, 0) is 48.6 Å². The molecule has 2 bridgehead atoms. The first-order chi connectivity index (χ1) is 8.78. The molecule has 1 saturated carbocycles. The van der Waals surface area contributed by atoms with Crippen LogP contribution in [0.4, 0.5) is 0 Å². The second kappa shape index (κ2) is 3.59. The predicted octanol–water partition coefficient (Wildman–Crippen LogP) is 2.32. The highest BCUT2D eigenvalue weighted by molar-refractivity contribution is 5.79. The van der Waals surface area contributed by atoms with Crippen LogP contribution in [0, 0.1) is 17.3 Å². The number of nitrogens with one attached hydrogen (secondary N) is 1. The largest absolute Gasteiger partial charge is 0.355 e. The van der Waals surface area contributed by atoms with Gasteiger partial charge in [-0.1, -0.05) is 24.3 Å². The molecule has 2 atom stereocenters. The van der Waals surface area contributed by atoms with Crippen LogP contribution in [0.1, 0.15) is 30.4 Å². The van der Waals surface area contributed by atoms with E-state index in [4.69, 9.17) is 0 Å². The summed E-state index contributed by atoms with van der Waals surface area (Å²) in [5, 5.41) is 3.10. The lowest BCUT2D eigenvalue weighted by molar-refractivity contribution is -0.120. The van der Waals surface area contributed by atoms with Crippen molar-refractivity contribution in [1.29, 1.82) is 0 Å². The molecular formula is C16H19NO. The first-order valence-electron chi connectivity index (χ1n) is 7.11. The van der Waals surface area contributed by atoms with E-state index in [0.29, 0.717) is 11.8 Å². The van der Waals surface area contributed by atoms with E-state index in [1.807, 2.05) is 0 Å². The Labute approximate surface area is 108 Å². The maximum Gasteiger partial charge on any atom is 0.220 e. The van der Waals surface area contributed by atoms with Crippen molar-refractivity contribution in [3.8, 4) is 0 Å². The second-order valence-electron chi connectivity index (χ2n) is 6.33. The monoisotopic (exact) mass is 241 g/mol. The maximum atomic E-state index is 11.7. The lowest BCUT2D eigenvalue weighted by atomic mass is 9.70. The molecular weight excluding hydrogens is 222 g/mol. The van der Waals surface area contributed by atoms with Crippen molar-refractivity contribution in [2.45, 2.75) is 32.1 Å². The Morgan fingerprint density at radius 3 is 2.17 bits per heavy atom. The van der Waals surface area contributed by atoms with Crippen LogP contribution in [0.3, 0.4) is 0 Å². The number of hydrogen-bond acceptors (Lipinski definition) is 1. The third-order valence-corrected chi connectivity index (χ3v) is 5.65. The number of carbonyl (C=O) groups is 1. The van der Waals surface area contributed by atoms with Crippen molar-refractivity contribution in [3.05, 3.63) is 35.4 Å². The molecule has 3 aliphatic rings.